The van der Waals surface area contributed by atoms with Crippen LogP contribution in [-0.2, 0) is 0 Å². The van der Waals surface area contributed by atoms with E-state index in [1.54, 1.807) is 0 Å². The molecule has 0 unspecified atom stereocenters. The molecule has 0 saturated heterocycles. The molecule has 9 heteroatoms. The van der Waals surface area contributed by atoms with E-state index in [4.69, 9.17) is 0 Å². The molecule has 0 aliphatic heterocycles. The second kappa shape index (κ2) is 8.05. The molecule has 5 rings (SSSR count). The van der Waals surface area contributed by atoms with E-state index in [1.807, 2.05) is 0 Å². The molecule has 0 saturated carbocycles. The monoisotopic (exact) mass is 466 g/mol. The first-order valence-corrected chi connectivity index (χ1v) is 9.33. The van der Waals surface area contributed by atoms with Gasteiger partial charge in [-0.15, -0.1) is 0 Å². The molecule has 0 fully saturated rings. The van der Waals surface area contributed by atoms with Crippen molar-refractivity contribution in [2.45, 2.75) is 0 Å². The molecular formula is C24H11KO8. The molecule has 5 aromatic carbocycles. The molecule has 0 radical (unpaired) electrons. The van der Waals surface area contributed by atoms with Crippen molar-refractivity contribution in [1.82, 2.24) is 0 Å². The van der Waals surface area contributed by atoms with E-state index in [9.17, 15) is 39.6 Å². The zero-order chi connectivity index (χ0) is 22.9. The van der Waals surface area contributed by atoms with Crippen LogP contribution >= 0.6 is 0 Å². The van der Waals surface area contributed by atoms with Crippen molar-refractivity contribution in [3.8, 4) is 0 Å². The first-order chi connectivity index (χ1) is 15.2. The number of benzene rings is 5. The number of fused-ring (bicyclic) bond motifs is 2. The maximum atomic E-state index is 11.9. The summed E-state index contributed by atoms with van der Waals surface area (Å²) in [7, 11) is 0. The topological polar surface area (TPSA) is 152 Å². The molecule has 156 valence electrons. The number of hydrogen-bond acceptors (Lipinski definition) is 5. The molecule has 33 heavy (non-hydrogen) atoms. The van der Waals surface area contributed by atoms with Gasteiger partial charge in [0.05, 0.1) is 22.7 Å². The number of rotatable bonds is 4. The van der Waals surface area contributed by atoms with Gasteiger partial charge in [0.1, 0.15) is 0 Å². The number of carboxylic acids is 4. The Morgan fingerprint density at radius 3 is 1.03 bits per heavy atom. The van der Waals surface area contributed by atoms with Gasteiger partial charge in [0.15, 0.2) is 0 Å². The Balaban J connectivity index is 0.00000259. The summed E-state index contributed by atoms with van der Waals surface area (Å²) in [6, 6.07) is 11.1. The molecule has 0 atom stereocenters. The van der Waals surface area contributed by atoms with Gasteiger partial charge in [-0.2, -0.15) is 0 Å². The predicted molar refractivity (Wildman–Crippen MR) is 113 cm³/mol. The Labute approximate surface area is 226 Å². The van der Waals surface area contributed by atoms with E-state index in [0.717, 1.165) is 0 Å². The summed E-state index contributed by atoms with van der Waals surface area (Å²) in [5, 5.41) is 43.5. The average Bonchev–Trinajstić information content (AvgIpc) is 2.75. The van der Waals surface area contributed by atoms with Gasteiger partial charge in [-0.1, -0.05) is 30.3 Å². The van der Waals surface area contributed by atoms with E-state index < -0.39 is 23.9 Å². The Kier molecular flexibility index (Phi) is 5.63. The van der Waals surface area contributed by atoms with Crippen LogP contribution in [-0.4, -0.2) is 39.2 Å². The van der Waals surface area contributed by atoms with Crippen molar-refractivity contribution in [2.75, 3.05) is 0 Å². The van der Waals surface area contributed by atoms with Gasteiger partial charge < -0.3 is 25.2 Å². The van der Waals surface area contributed by atoms with Gasteiger partial charge >= 0.3 is 69.3 Å². The normalized spacial score (nSPS) is 11.2. The third-order valence-electron chi connectivity index (χ3n) is 5.81. The summed E-state index contributed by atoms with van der Waals surface area (Å²) in [5.74, 6) is -5.43. The minimum atomic E-state index is -1.53. The van der Waals surface area contributed by atoms with Gasteiger partial charge in [-0.05, 0) is 50.5 Å². The van der Waals surface area contributed by atoms with Crippen LogP contribution in [0.2, 0.25) is 0 Å². The first-order valence-electron chi connectivity index (χ1n) is 9.33. The van der Waals surface area contributed by atoms with E-state index in [0.29, 0.717) is 32.3 Å². The fraction of sp³-hybridized carbons (Fsp3) is 0. The van der Waals surface area contributed by atoms with Crippen LogP contribution in [0, 0.1) is 0 Å². The number of carboxylic acid groups (broad SMARTS) is 4. The predicted octanol–water partition coefficient (Wildman–Crippen LogP) is 0.199. The van der Waals surface area contributed by atoms with Crippen molar-refractivity contribution < 1.29 is 91.0 Å². The largest absolute Gasteiger partial charge is 1.00 e. The first kappa shape index (κ1) is 23.1. The molecule has 8 nitrogen and oxygen atoms in total. The average molecular weight is 466 g/mol. The van der Waals surface area contributed by atoms with Crippen LogP contribution in [0.3, 0.4) is 0 Å². The Morgan fingerprint density at radius 1 is 0.485 bits per heavy atom. The van der Waals surface area contributed by atoms with Crippen LogP contribution in [0.15, 0.2) is 48.5 Å². The van der Waals surface area contributed by atoms with Crippen LogP contribution in [0.25, 0.3) is 43.1 Å². The van der Waals surface area contributed by atoms with Crippen LogP contribution in [0.1, 0.15) is 41.4 Å². The second-order valence-electron chi connectivity index (χ2n) is 7.35. The Morgan fingerprint density at radius 2 is 0.758 bits per heavy atom. The summed E-state index contributed by atoms with van der Waals surface area (Å²) in [6.07, 6.45) is 0. The van der Waals surface area contributed by atoms with Gasteiger partial charge in [0.25, 0.3) is 0 Å². The molecule has 5 aromatic rings. The van der Waals surface area contributed by atoms with Gasteiger partial charge in [0, 0.05) is 16.3 Å². The van der Waals surface area contributed by atoms with Crippen molar-refractivity contribution in [1.29, 1.82) is 0 Å². The standard InChI is InChI=1S/C24H12O8.K/c25-21(26)13-5-1-9-10-2-6-15(23(29)30)20-16(24(31)32)8-4-12(18(10)20)11-3-7-14(22(27)28)19(13)17(9)11;/h1-8H,(H,25,26)(H,27,28)(H,29,30)(H,31,32);/q;+1/p-1. The molecule has 0 bridgehead atoms. The fourth-order valence-corrected chi connectivity index (χ4v) is 4.59. The minimum absolute atomic E-state index is 0. The minimum Gasteiger partial charge on any atom is -0.545 e. The Hall–Kier alpha value is -3.08. The molecule has 0 amide bonds. The molecule has 0 aliphatic carbocycles. The summed E-state index contributed by atoms with van der Waals surface area (Å²) in [5.41, 5.74) is -0.867. The van der Waals surface area contributed by atoms with Gasteiger partial charge in [-0.3, -0.25) is 0 Å². The van der Waals surface area contributed by atoms with Gasteiger partial charge in [0.2, 0.25) is 0 Å². The van der Waals surface area contributed by atoms with Crippen LogP contribution in [0.4, 0.5) is 0 Å². The van der Waals surface area contributed by atoms with Crippen molar-refractivity contribution in [2.24, 2.45) is 0 Å². The number of hydrogen-bond donors (Lipinski definition) is 3. The summed E-state index contributed by atoms with van der Waals surface area (Å²) < 4.78 is 0. The SMILES string of the molecule is O=C([O-])c1ccc2c3ccc(C(=O)O)c4c(C(=O)O)ccc(c5ccc(C(=O)O)c1c25)c43.[K+]. The summed E-state index contributed by atoms with van der Waals surface area (Å²) >= 11 is 0. The zero-order valence-corrected chi connectivity index (χ0v) is 20.1. The van der Waals surface area contributed by atoms with E-state index in [1.165, 1.54) is 48.5 Å². The van der Waals surface area contributed by atoms with Crippen LogP contribution < -0.4 is 56.5 Å². The maximum Gasteiger partial charge on any atom is 1.00 e. The molecule has 0 aliphatic rings. The second-order valence-corrected chi connectivity index (χ2v) is 7.35. The molecule has 0 spiro atoms. The maximum absolute atomic E-state index is 11.9. The number of carbonyl (C=O) groups is 4. The van der Waals surface area contributed by atoms with Crippen LogP contribution in [0.5, 0.6) is 0 Å². The number of aromatic carboxylic acids is 4. The third-order valence-corrected chi connectivity index (χ3v) is 5.81. The van der Waals surface area contributed by atoms with Crippen molar-refractivity contribution in [3.05, 3.63) is 70.8 Å². The van der Waals surface area contributed by atoms with Crippen molar-refractivity contribution in [3.63, 3.8) is 0 Å². The molecular weight excluding hydrogens is 455 g/mol. The smallest absolute Gasteiger partial charge is 0.545 e. The molecule has 0 heterocycles. The van der Waals surface area contributed by atoms with Crippen molar-refractivity contribution >= 4 is 67.0 Å². The van der Waals surface area contributed by atoms with E-state index in [2.05, 4.69) is 0 Å². The van der Waals surface area contributed by atoms with E-state index in [-0.39, 0.29) is 84.4 Å². The Bertz CT molecular complexity index is 1440. The fourth-order valence-electron chi connectivity index (χ4n) is 4.59. The summed E-state index contributed by atoms with van der Waals surface area (Å²) in [4.78, 5) is 47.3. The number of carbonyl (C=O) groups excluding carboxylic acids is 1. The zero-order valence-electron chi connectivity index (χ0n) is 17.0. The van der Waals surface area contributed by atoms with E-state index >= 15 is 0 Å². The molecule has 3 N–H and O–H groups in total. The third kappa shape index (κ3) is 3.20. The molecule has 0 aromatic heterocycles. The van der Waals surface area contributed by atoms with Gasteiger partial charge in [-0.25, -0.2) is 14.4 Å². The summed E-state index contributed by atoms with van der Waals surface area (Å²) in [6.45, 7) is 0. The quantitative estimate of drug-likeness (QED) is 0.193.